The SMILES string of the molecule is CCC(=O)O.CNC(C)O. The minimum atomic E-state index is -0.745. The molecule has 0 saturated heterocycles. The number of hydrogen-bond donors (Lipinski definition) is 3. The molecule has 0 rings (SSSR count). The third-order valence-corrected chi connectivity index (χ3v) is 0.720. The molecule has 0 spiro atoms. The van der Waals surface area contributed by atoms with E-state index in [-0.39, 0.29) is 12.6 Å². The third kappa shape index (κ3) is 26.3. The van der Waals surface area contributed by atoms with Crippen LogP contribution in [0, 0.1) is 0 Å². The van der Waals surface area contributed by atoms with Gasteiger partial charge >= 0.3 is 5.97 Å². The Hall–Kier alpha value is -0.610. The molecule has 0 aromatic heterocycles. The first-order valence-corrected chi connectivity index (χ1v) is 3.11. The third-order valence-electron chi connectivity index (χ3n) is 0.720. The second kappa shape index (κ2) is 8.39. The standard InChI is InChI=1S/C3H9NO.C3H6O2/c1-3(5)4-2;1-2-3(4)5/h3-5H,1-2H3;2H2,1H3,(H,4,5). The molecule has 0 aromatic carbocycles. The van der Waals surface area contributed by atoms with E-state index in [1.807, 2.05) is 0 Å². The summed E-state index contributed by atoms with van der Waals surface area (Å²) in [6.45, 7) is 3.27. The molecule has 0 aliphatic heterocycles. The van der Waals surface area contributed by atoms with Gasteiger partial charge in [-0.05, 0) is 14.0 Å². The first-order chi connectivity index (χ1) is 4.54. The van der Waals surface area contributed by atoms with Gasteiger partial charge in [-0.2, -0.15) is 0 Å². The Bertz CT molecular complexity index is 83.1. The molecule has 0 fully saturated rings. The van der Waals surface area contributed by atoms with Crippen molar-refractivity contribution in [1.29, 1.82) is 0 Å². The zero-order chi connectivity index (χ0) is 8.57. The van der Waals surface area contributed by atoms with Crippen LogP contribution in [0.1, 0.15) is 20.3 Å². The maximum Gasteiger partial charge on any atom is 0.303 e. The van der Waals surface area contributed by atoms with E-state index in [0.717, 1.165) is 0 Å². The predicted octanol–water partition coefficient (Wildman–Crippen LogP) is 0.0251. The van der Waals surface area contributed by atoms with Gasteiger partial charge in [-0.25, -0.2) is 0 Å². The average Bonchev–Trinajstić information content (AvgIpc) is 1.89. The molecule has 4 nitrogen and oxygen atoms in total. The van der Waals surface area contributed by atoms with Crippen LogP contribution in [0.25, 0.3) is 0 Å². The summed E-state index contributed by atoms with van der Waals surface area (Å²) in [5.41, 5.74) is 0. The van der Waals surface area contributed by atoms with Crippen LogP contribution in [-0.4, -0.2) is 29.5 Å². The first kappa shape index (κ1) is 12.1. The molecule has 0 aliphatic rings. The second-order valence-electron chi connectivity index (χ2n) is 1.71. The van der Waals surface area contributed by atoms with Crippen molar-refractivity contribution in [3.8, 4) is 0 Å². The van der Waals surface area contributed by atoms with Crippen molar-refractivity contribution in [2.45, 2.75) is 26.5 Å². The van der Waals surface area contributed by atoms with Crippen molar-refractivity contribution in [3.05, 3.63) is 0 Å². The van der Waals surface area contributed by atoms with Gasteiger partial charge < -0.3 is 10.2 Å². The molecule has 0 aromatic rings. The zero-order valence-electron chi connectivity index (χ0n) is 6.59. The van der Waals surface area contributed by atoms with Gasteiger partial charge in [0.15, 0.2) is 0 Å². The van der Waals surface area contributed by atoms with Gasteiger partial charge in [-0.1, -0.05) is 6.92 Å². The molecule has 0 radical (unpaired) electrons. The molecule has 4 heteroatoms. The number of nitrogens with one attached hydrogen (secondary N) is 1. The monoisotopic (exact) mass is 149 g/mol. The number of aliphatic carboxylic acids is 1. The highest BCUT2D eigenvalue weighted by atomic mass is 16.4. The Balaban J connectivity index is 0. The smallest absolute Gasteiger partial charge is 0.303 e. The highest BCUT2D eigenvalue weighted by molar-refractivity contribution is 5.66. The summed E-state index contributed by atoms with van der Waals surface area (Å²) in [6.07, 6.45) is -0.144. The van der Waals surface area contributed by atoms with Crippen LogP contribution in [0.4, 0.5) is 0 Å². The van der Waals surface area contributed by atoms with Gasteiger partial charge in [0.05, 0.1) is 0 Å². The summed E-state index contributed by atoms with van der Waals surface area (Å²) in [5, 5.41) is 18.6. The summed E-state index contributed by atoms with van der Waals surface area (Å²) in [4.78, 5) is 9.37. The van der Waals surface area contributed by atoms with Crippen molar-refractivity contribution >= 4 is 5.97 Å². The molecule has 0 bridgehead atoms. The Kier molecular flexibility index (Phi) is 10.2. The lowest BCUT2D eigenvalue weighted by molar-refractivity contribution is -0.136. The lowest BCUT2D eigenvalue weighted by atomic mass is 10.5. The number of carboxylic acids is 1. The second-order valence-corrected chi connectivity index (χ2v) is 1.71. The molecule has 10 heavy (non-hydrogen) atoms. The summed E-state index contributed by atoms with van der Waals surface area (Å²) < 4.78 is 0. The zero-order valence-corrected chi connectivity index (χ0v) is 6.59. The summed E-state index contributed by atoms with van der Waals surface area (Å²) in [7, 11) is 1.70. The molecule has 0 saturated carbocycles. The van der Waals surface area contributed by atoms with Crippen LogP contribution in [0.3, 0.4) is 0 Å². The van der Waals surface area contributed by atoms with Gasteiger partial charge in [0, 0.05) is 6.42 Å². The fourth-order valence-electron chi connectivity index (χ4n) is 0. The van der Waals surface area contributed by atoms with E-state index >= 15 is 0 Å². The largest absolute Gasteiger partial charge is 0.481 e. The highest BCUT2D eigenvalue weighted by Gasteiger charge is 1.80. The quantitative estimate of drug-likeness (QED) is 0.484. The van der Waals surface area contributed by atoms with Crippen LogP contribution in [-0.2, 0) is 4.79 Å². The van der Waals surface area contributed by atoms with Gasteiger partial charge in [-0.15, -0.1) is 0 Å². The van der Waals surface area contributed by atoms with E-state index in [4.69, 9.17) is 10.2 Å². The van der Waals surface area contributed by atoms with E-state index in [1.165, 1.54) is 0 Å². The summed E-state index contributed by atoms with van der Waals surface area (Å²) in [5.74, 6) is -0.745. The van der Waals surface area contributed by atoms with E-state index in [0.29, 0.717) is 0 Å². The van der Waals surface area contributed by atoms with E-state index in [2.05, 4.69) is 5.32 Å². The van der Waals surface area contributed by atoms with Crippen LogP contribution in [0.5, 0.6) is 0 Å². The van der Waals surface area contributed by atoms with Crippen molar-refractivity contribution in [3.63, 3.8) is 0 Å². The van der Waals surface area contributed by atoms with Crippen molar-refractivity contribution in [1.82, 2.24) is 5.32 Å². The van der Waals surface area contributed by atoms with E-state index in [1.54, 1.807) is 20.9 Å². The van der Waals surface area contributed by atoms with Crippen molar-refractivity contribution in [2.75, 3.05) is 7.05 Å². The first-order valence-electron chi connectivity index (χ1n) is 3.11. The van der Waals surface area contributed by atoms with Crippen molar-refractivity contribution in [2.24, 2.45) is 0 Å². The molecule has 0 aliphatic carbocycles. The maximum atomic E-state index is 9.37. The number of carboxylic acid groups (broad SMARTS) is 1. The summed E-state index contributed by atoms with van der Waals surface area (Å²) >= 11 is 0. The molecular formula is C6H15NO3. The molecule has 0 heterocycles. The Morgan fingerprint density at radius 3 is 1.90 bits per heavy atom. The van der Waals surface area contributed by atoms with Crippen molar-refractivity contribution < 1.29 is 15.0 Å². The van der Waals surface area contributed by atoms with Gasteiger partial charge in [-0.3, -0.25) is 10.1 Å². The van der Waals surface area contributed by atoms with Gasteiger partial charge in [0.2, 0.25) is 0 Å². The number of aliphatic hydroxyl groups excluding tert-OH is 1. The molecular weight excluding hydrogens is 134 g/mol. The molecule has 0 amide bonds. The Labute approximate surface area is 60.9 Å². The fourth-order valence-corrected chi connectivity index (χ4v) is 0. The number of carbonyl (C=O) groups is 1. The van der Waals surface area contributed by atoms with E-state index in [9.17, 15) is 4.79 Å². The molecule has 1 unspecified atom stereocenters. The molecule has 1 atom stereocenters. The maximum absolute atomic E-state index is 9.37. The minimum absolute atomic E-state index is 0.222. The lowest BCUT2D eigenvalue weighted by Crippen LogP contribution is -2.19. The van der Waals surface area contributed by atoms with Gasteiger partial charge in [0.25, 0.3) is 0 Å². The lowest BCUT2D eigenvalue weighted by Gasteiger charge is -1.94. The number of aliphatic hydroxyl groups is 1. The molecule has 62 valence electrons. The van der Waals surface area contributed by atoms with E-state index < -0.39 is 5.97 Å². The molecule has 3 N–H and O–H groups in total. The van der Waals surface area contributed by atoms with Crippen LogP contribution in [0.15, 0.2) is 0 Å². The fraction of sp³-hybridized carbons (Fsp3) is 0.833. The minimum Gasteiger partial charge on any atom is -0.481 e. The number of hydrogen-bond acceptors (Lipinski definition) is 3. The highest BCUT2D eigenvalue weighted by Crippen LogP contribution is 1.67. The summed E-state index contributed by atoms with van der Waals surface area (Å²) in [6, 6.07) is 0. The van der Waals surface area contributed by atoms with Gasteiger partial charge in [0.1, 0.15) is 6.23 Å². The van der Waals surface area contributed by atoms with Crippen LogP contribution in [0.2, 0.25) is 0 Å². The normalized spacial score (nSPS) is 11.2. The Morgan fingerprint density at radius 1 is 1.70 bits per heavy atom. The Morgan fingerprint density at radius 2 is 1.90 bits per heavy atom. The topological polar surface area (TPSA) is 69.6 Å². The van der Waals surface area contributed by atoms with Crippen LogP contribution >= 0.6 is 0 Å². The number of rotatable bonds is 2. The van der Waals surface area contributed by atoms with Crippen LogP contribution < -0.4 is 5.32 Å². The average molecular weight is 149 g/mol. The predicted molar refractivity (Wildman–Crippen MR) is 38.7 cm³/mol.